The summed E-state index contributed by atoms with van der Waals surface area (Å²) in [7, 11) is 0. The standard InChI is InChI=1S/C12H16ClF3N2/c1-2-17-10(4-3-7-12(14,15)16)11-6-5-9(13)8-18-11/h5-6,8,10,17H,2-4,7H2,1H3. The molecule has 0 aliphatic carbocycles. The summed E-state index contributed by atoms with van der Waals surface area (Å²) in [6.45, 7) is 2.59. The molecule has 1 heterocycles. The van der Waals surface area contributed by atoms with Gasteiger partial charge in [-0.05, 0) is 31.5 Å². The van der Waals surface area contributed by atoms with Crippen molar-refractivity contribution in [3.8, 4) is 0 Å². The van der Waals surface area contributed by atoms with Crippen LogP contribution in [0.3, 0.4) is 0 Å². The summed E-state index contributed by atoms with van der Waals surface area (Å²) in [5, 5.41) is 3.65. The van der Waals surface area contributed by atoms with E-state index in [4.69, 9.17) is 11.6 Å². The zero-order valence-corrected chi connectivity index (χ0v) is 10.9. The van der Waals surface area contributed by atoms with Crippen LogP contribution in [0.15, 0.2) is 18.3 Å². The van der Waals surface area contributed by atoms with Crippen LogP contribution in [-0.4, -0.2) is 17.7 Å². The molecule has 0 fully saturated rings. The predicted molar refractivity (Wildman–Crippen MR) is 65.6 cm³/mol. The lowest BCUT2D eigenvalue weighted by Crippen LogP contribution is -2.22. The molecule has 1 aromatic rings. The van der Waals surface area contributed by atoms with Crippen molar-refractivity contribution in [1.82, 2.24) is 10.3 Å². The Morgan fingerprint density at radius 3 is 2.61 bits per heavy atom. The summed E-state index contributed by atoms with van der Waals surface area (Å²) in [6.07, 6.45) is -2.86. The van der Waals surface area contributed by atoms with Gasteiger partial charge in [0.2, 0.25) is 0 Å². The third-order valence-corrected chi connectivity index (χ3v) is 2.73. The van der Waals surface area contributed by atoms with E-state index in [9.17, 15) is 13.2 Å². The van der Waals surface area contributed by atoms with Crippen LogP contribution in [0.2, 0.25) is 5.02 Å². The van der Waals surface area contributed by atoms with Gasteiger partial charge in [-0.15, -0.1) is 0 Å². The number of pyridine rings is 1. The molecule has 2 nitrogen and oxygen atoms in total. The molecule has 0 radical (unpaired) electrons. The monoisotopic (exact) mass is 280 g/mol. The van der Waals surface area contributed by atoms with E-state index in [2.05, 4.69) is 10.3 Å². The van der Waals surface area contributed by atoms with Gasteiger partial charge in [0.05, 0.1) is 10.7 Å². The molecule has 0 saturated carbocycles. The van der Waals surface area contributed by atoms with Gasteiger partial charge >= 0.3 is 6.18 Å². The highest BCUT2D eigenvalue weighted by Crippen LogP contribution is 2.26. The van der Waals surface area contributed by atoms with Gasteiger partial charge in [-0.2, -0.15) is 13.2 Å². The van der Waals surface area contributed by atoms with Crippen molar-refractivity contribution in [3.05, 3.63) is 29.0 Å². The van der Waals surface area contributed by atoms with E-state index in [-0.39, 0.29) is 12.5 Å². The van der Waals surface area contributed by atoms with Crippen LogP contribution in [0.4, 0.5) is 13.2 Å². The van der Waals surface area contributed by atoms with Crippen LogP contribution < -0.4 is 5.32 Å². The largest absolute Gasteiger partial charge is 0.389 e. The molecular weight excluding hydrogens is 265 g/mol. The second kappa shape index (κ2) is 6.95. The molecule has 102 valence electrons. The van der Waals surface area contributed by atoms with E-state index in [1.807, 2.05) is 6.92 Å². The summed E-state index contributed by atoms with van der Waals surface area (Å²) >= 11 is 5.73. The van der Waals surface area contributed by atoms with Crippen molar-refractivity contribution >= 4 is 11.6 Å². The number of nitrogens with one attached hydrogen (secondary N) is 1. The molecule has 1 rings (SSSR count). The fourth-order valence-electron chi connectivity index (χ4n) is 1.70. The molecule has 0 saturated heterocycles. The second-order valence-corrected chi connectivity index (χ2v) is 4.46. The van der Waals surface area contributed by atoms with Crippen LogP contribution in [0.1, 0.15) is 37.9 Å². The average Bonchev–Trinajstić information content (AvgIpc) is 2.27. The first kappa shape index (κ1) is 15.2. The van der Waals surface area contributed by atoms with Gasteiger partial charge in [0.1, 0.15) is 0 Å². The lowest BCUT2D eigenvalue weighted by Gasteiger charge is -2.17. The lowest BCUT2D eigenvalue weighted by molar-refractivity contribution is -0.135. The quantitative estimate of drug-likeness (QED) is 0.848. The summed E-state index contributed by atoms with van der Waals surface area (Å²) in [5.41, 5.74) is 0.725. The average molecular weight is 281 g/mol. The van der Waals surface area contributed by atoms with Gasteiger partial charge in [-0.1, -0.05) is 18.5 Å². The molecule has 1 aromatic heterocycles. The van der Waals surface area contributed by atoms with E-state index in [1.165, 1.54) is 6.20 Å². The summed E-state index contributed by atoms with van der Waals surface area (Å²) in [6, 6.07) is 3.27. The SMILES string of the molecule is CCNC(CCCC(F)(F)F)c1ccc(Cl)cn1. The minimum atomic E-state index is -4.09. The third kappa shape index (κ3) is 5.69. The minimum absolute atomic E-state index is 0.0888. The Labute approximate surface area is 110 Å². The van der Waals surface area contributed by atoms with Crippen molar-refractivity contribution in [1.29, 1.82) is 0 Å². The fourth-order valence-corrected chi connectivity index (χ4v) is 1.81. The van der Waals surface area contributed by atoms with Gasteiger partial charge in [-0.25, -0.2) is 0 Å². The smallest absolute Gasteiger partial charge is 0.309 e. The first-order valence-electron chi connectivity index (χ1n) is 5.84. The normalized spacial score (nSPS) is 13.6. The maximum absolute atomic E-state index is 12.1. The second-order valence-electron chi connectivity index (χ2n) is 4.02. The molecule has 6 heteroatoms. The maximum Gasteiger partial charge on any atom is 0.389 e. The molecular formula is C12H16ClF3N2. The molecule has 1 unspecified atom stereocenters. The van der Waals surface area contributed by atoms with E-state index in [0.717, 1.165) is 5.69 Å². The van der Waals surface area contributed by atoms with E-state index in [0.29, 0.717) is 18.0 Å². The third-order valence-electron chi connectivity index (χ3n) is 2.51. The predicted octanol–water partition coefficient (Wildman–Crippen LogP) is 4.12. The minimum Gasteiger partial charge on any atom is -0.309 e. The van der Waals surface area contributed by atoms with Crippen LogP contribution in [-0.2, 0) is 0 Å². The number of hydrogen-bond acceptors (Lipinski definition) is 2. The van der Waals surface area contributed by atoms with Crippen LogP contribution in [0, 0.1) is 0 Å². The van der Waals surface area contributed by atoms with Crippen LogP contribution in [0.25, 0.3) is 0 Å². The molecule has 18 heavy (non-hydrogen) atoms. The van der Waals surface area contributed by atoms with Crippen molar-refractivity contribution in [2.24, 2.45) is 0 Å². The first-order chi connectivity index (χ1) is 8.42. The van der Waals surface area contributed by atoms with Crippen LogP contribution in [0.5, 0.6) is 0 Å². The van der Waals surface area contributed by atoms with Crippen LogP contribution >= 0.6 is 11.6 Å². The molecule has 1 atom stereocenters. The van der Waals surface area contributed by atoms with Crippen molar-refractivity contribution in [2.75, 3.05) is 6.54 Å². The highest BCUT2D eigenvalue weighted by atomic mass is 35.5. The van der Waals surface area contributed by atoms with Crippen molar-refractivity contribution < 1.29 is 13.2 Å². The number of hydrogen-bond donors (Lipinski definition) is 1. The zero-order valence-electron chi connectivity index (χ0n) is 10.1. The molecule has 0 aromatic carbocycles. The lowest BCUT2D eigenvalue weighted by atomic mass is 10.1. The Morgan fingerprint density at radius 2 is 2.11 bits per heavy atom. The van der Waals surface area contributed by atoms with Gasteiger partial charge < -0.3 is 5.32 Å². The van der Waals surface area contributed by atoms with E-state index >= 15 is 0 Å². The van der Waals surface area contributed by atoms with Gasteiger partial charge in [0.15, 0.2) is 0 Å². The molecule has 0 aliphatic heterocycles. The fraction of sp³-hybridized carbons (Fsp3) is 0.583. The molecule has 0 bridgehead atoms. The number of aromatic nitrogens is 1. The Bertz CT molecular complexity index is 351. The molecule has 0 aliphatic rings. The molecule has 0 amide bonds. The maximum atomic E-state index is 12.1. The van der Waals surface area contributed by atoms with E-state index in [1.54, 1.807) is 12.1 Å². The highest BCUT2D eigenvalue weighted by molar-refractivity contribution is 6.30. The Kier molecular flexibility index (Phi) is 5.88. The Hall–Kier alpha value is -0.810. The topological polar surface area (TPSA) is 24.9 Å². The van der Waals surface area contributed by atoms with Gasteiger partial charge in [-0.3, -0.25) is 4.98 Å². The Balaban J connectivity index is 2.57. The number of nitrogens with zero attached hydrogens (tertiary/aromatic N) is 1. The zero-order chi connectivity index (χ0) is 13.6. The van der Waals surface area contributed by atoms with Gasteiger partial charge in [0.25, 0.3) is 0 Å². The summed E-state index contributed by atoms with van der Waals surface area (Å²) in [4.78, 5) is 4.14. The molecule has 0 spiro atoms. The molecule has 1 N–H and O–H groups in total. The Morgan fingerprint density at radius 1 is 1.39 bits per heavy atom. The van der Waals surface area contributed by atoms with Gasteiger partial charge in [0, 0.05) is 18.7 Å². The summed E-state index contributed by atoms with van der Waals surface area (Å²) in [5.74, 6) is 0. The van der Waals surface area contributed by atoms with E-state index < -0.39 is 12.6 Å². The number of rotatable bonds is 6. The number of alkyl halides is 3. The summed E-state index contributed by atoms with van der Waals surface area (Å²) < 4.78 is 36.3. The highest BCUT2D eigenvalue weighted by Gasteiger charge is 2.27. The van der Waals surface area contributed by atoms with Crippen molar-refractivity contribution in [2.45, 2.75) is 38.4 Å². The number of halogens is 4. The van der Waals surface area contributed by atoms with Crippen molar-refractivity contribution in [3.63, 3.8) is 0 Å². The first-order valence-corrected chi connectivity index (χ1v) is 6.21.